The summed E-state index contributed by atoms with van der Waals surface area (Å²) in [5, 5.41) is 10.5. The van der Waals surface area contributed by atoms with Gasteiger partial charge in [-0.2, -0.15) is 0 Å². The Morgan fingerprint density at radius 3 is 2.75 bits per heavy atom. The molecule has 0 aromatic carbocycles. The van der Waals surface area contributed by atoms with Crippen LogP contribution in [-0.2, 0) is 4.74 Å². The zero-order valence-electron chi connectivity index (χ0n) is 10.4. The van der Waals surface area contributed by atoms with Crippen molar-refractivity contribution in [3.63, 3.8) is 0 Å². The van der Waals surface area contributed by atoms with Crippen LogP contribution in [0, 0.1) is 6.92 Å². The van der Waals surface area contributed by atoms with Crippen LogP contribution in [0.15, 0.2) is 0 Å². The van der Waals surface area contributed by atoms with Crippen LogP contribution in [0.25, 0.3) is 0 Å². The molecular formula is C11H20N2O2S. The molecule has 0 saturated heterocycles. The third kappa shape index (κ3) is 3.43. The molecule has 0 aliphatic heterocycles. The van der Waals surface area contributed by atoms with E-state index >= 15 is 0 Å². The van der Waals surface area contributed by atoms with Gasteiger partial charge in [0.25, 0.3) is 0 Å². The molecular weight excluding hydrogens is 224 g/mol. The summed E-state index contributed by atoms with van der Waals surface area (Å²) in [4.78, 5) is 7.44. The Hall–Kier alpha value is -0.650. The largest absolute Gasteiger partial charge is 0.388 e. The minimum absolute atomic E-state index is 0.438. The molecule has 0 fully saturated rings. The number of likely N-dealkylation sites (N-methyl/N-ethyl adjacent to an activating group) is 1. The minimum Gasteiger partial charge on any atom is -0.388 e. The lowest BCUT2D eigenvalue weighted by Gasteiger charge is -2.15. The van der Waals surface area contributed by atoms with Gasteiger partial charge < -0.3 is 14.7 Å². The number of aliphatic hydroxyl groups excluding tert-OH is 1. The average molecular weight is 244 g/mol. The van der Waals surface area contributed by atoms with E-state index in [0.29, 0.717) is 6.61 Å². The highest BCUT2D eigenvalue weighted by atomic mass is 32.1. The van der Waals surface area contributed by atoms with Crippen molar-refractivity contribution in [3.8, 4) is 0 Å². The van der Waals surface area contributed by atoms with Crippen LogP contribution in [0.1, 0.15) is 30.5 Å². The number of aliphatic hydroxyl groups is 1. The molecule has 0 aliphatic rings. The van der Waals surface area contributed by atoms with Gasteiger partial charge in [0.2, 0.25) is 0 Å². The molecule has 1 N–H and O–H groups in total. The van der Waals surface area contributed by atoms with Gasteiger partial charge in [0.05, 0.1) is 23.3 Å². The van der Waals surface area contributed by atoms with Crippen LogP contribution in [0.5, 0.6) is 0 Å². The first kappa shape index (κ1) is 13.4. The van der Waals surface area contributed by atoms with Gasteiger partial charge in [-0.1, -0.05) is 11.3 Å². The molecule has 1 unspecified atom stereocenters. The summed E-state index contributed by atoms with van der Waals surface area (Å²) in [6.07, 6.45) is -0.438. The molecule has 0 saturated carbocycles. The molecule has 0 spiro atoms. The van der Waals surface area contributed by atoms with E-state index in [1.807, 2.05) is 20.9 Å². The Morgan fingerprint density at radius 1 is 1.56 bits per heavy atom. The summed E-state index contributed by atoms with van der Waals surface area (Å²) < 4.78 is 5.30. The smallest absolute Gasteiger partial charge is 0.185 e. The Morgan fingerprint density at radius 2 is 2.25 bits per heavy atom. The third-order valence-electron chi connectivity index (χ3n) is 2.30. The number of aromatic nitrogens is 1. The van der Waals surface area contributed by atoms with E-state index in [2.05, 4.69) is 9.88 Å². The first-order valence-electron chi connectivity index (χ1n) is 5.50. The second-order valence-corrected chi connectivity index (χ2v) is 4.75. The molecule has 0 amide bonds. The van der Waals surface area contributed by atoms with Crippen molar-refractivity contribution in [2.45, 2.75) is 26.9 Å². The maximum atomic E-state index is 9.54. The lowest BCUT2D eigenvalue weighted by atomic mass is 10.3. The minimum atomic E-state index is -0.438. The molecule has 1 rings (SSSR count). The van der Waals surface area contributed by atoms with Gasteiger partial charge in [0.15, 0.2) is 5.13 Å². The summed E-state index contributed by atoms with van der Waals surface area (Å²) in [7, 11) is 1.99. The number of rotatable bonds is 6. The van der Waals surface area contributed by atoms with Gasteiger partial charge in [-0.25, -0.2) is 4.98 Å². The molecule has 5 heteroatoms. The van der Waals surface area contributed by atoms with Gasteiger partial charge in [-0.15, -0.1) is 0 Å². The Bertz CT molecular complexity index is 326. The summed E-state index contributed by atoms with van der Waals surface area (Å²) in [5.74, 6) is 0. The maximum absolute atomic E-state index is 9.54. The first-order valence-corrected chi connectivity index (χ1v) is 6.32. The van der Waals surface area contributed by atoms with Gasteiger partial charge in [-0.05, 0) is 20.8 Å². The fraction of sp³-hybridized carbons (Fsp3) is 0.727. The van der Waals surface area contributed by atoms with Crippen LogP contribution in [-0.4, -0.2) is 36.9 Å². The van der Waals surface area contributed by atoms with Gasteiger partial charge in [0, 0.05) is 20.2 Å². The normalized spacial score (nSPS) is 12.8. The second kappa shape index (κ2) is 6.18. The van der Waals surface area contributed by atoms with Crippen molar-refractivity contribution >= 4 is 16.5 Å². The third-order valence-corrected chi connectivity index (χ3v) is 3.74. The number of thiazole rings is 1. The summed E-state index contributed by atoms with van der Waals surface area (Å²) in [6, 6.07) is 0. The highest BCUT2D eigenvalue weighted by molar-refractivity contribution is 7.15. The van der Waals surface area contributed by atoms with Crippen molar-refractivity contribution in [2.75, 3.05) is 31.7 Å². The molecule has 1 atom stereocenters. The van der Waals surface area contributed by atoms with Crippen molar-refractivity contribution in [3.05, 3.63) is 10.6 Å². The number of hydrogen-bond donors (Lipinski definition) is 1. The lowest BCUT2D eigenvalue weighted by Crippen LogP contribution is -2.22. The van der Waals surface area contributed by atoms with Crippen LogP contribution in [0.3, 0.4) is 0 Å². The summed E-state index contributed by atoms with van der Waals surface area (Å²) in [5.41, 5.74) is 0.915. The monoisotopic (exact) mass is 244 g/mol. The van der Waals surface area contributed by atoms with Gasteiger partial charge in [0.1, 0.15) is 0 Å². The van der Waals surface area contributed by atoms with Crippen molar-refractivity contribution < 1.29 is 9.84 Å². The number of nitrogens with zero attached hydrogens (tertiary/aromatic N) is 2. The molecule has 0 aliphatic carbocycles. The number of hydrogen-bond acceptors (Lipinski definition) is 5. The number of ether oxygens (including phenoxy) is 1. The molecule has 0 bridgehead atoms. The second-order valence-electron chi connectivity index (χ2n) is 3.74. The molecule has 1 aromatic heterocycles. The number of anilines is 1. The molecule has 1 aromatic rings. The molecule has 4 nitrogen and oxygen atoms in total. The lowest BCUT2D eigenvalue weighted by molar-refractivity contribution is 0.154. The fourth-order valence-corrected chi connectivity index (χ4v) is 2.38. The SMILES string of the molecule is CCOCCN(C)c1nc(C)c(C(C)O)s1. The van der Waals surface area contributed by atoms with Crippen molar-refractivity contribution in [1.82, 2.24) is 4.98 Å². The Labute approximate surface area is 101 Å². The summed E-state index contributed by atoms with van der Waals surface area (Å²) >= 11 is 1.54. The maximum Gasteiger partial charge on any atom is 0.185 e. The van der Waals surface area contributed by atoms with E-state index in [1.54, 1.807) is 18.3 Å². The van der Waals surface area contributed by atoms with E-state index in [9.17, 15) is 5.11 Å². The van der Waals surface area contributed by atoms with E-state index in [4.69, 9.17) is 4.74 Å². The van der Waals surface area contributed by atoms with E-state index in [0.717, 1.165) is 28.9 Å². The zero-order chi connectivity index (χ0) is 12.1. The number of aryl methyl sites for hydroxylation is 1. The highest BCUT2D eigenvalue weighted by Crippen LogP contribution is 2.29. The van der Waals surface area contributed by atoms with Crippen LogP contribution < -0.4 is 4.90 Å². The predicted molar refractivity (Wildman–Crippen MR) is 67.2 cm³/mol. The predicted octanol–water partition coefficient (Wildman–Crippen LogP) is 1.98. The molecule has 0 radical (unpaired) electrons. The first-order chi connectivity index (χ1) is 7.56. The van der Waals surface area contributed by atoms with Gasteiger partial charge >= 0.3 is 0 Å². The Balaban J connectivity index is 2.62. The van der Waals surface area contributed by atoms with E-state index < -0.39 is 6.10 Å². The van der Waals surface area contributed by atoms with E-state index in [1.165, 1.54) is 0 Å². The summed E-state index contributed by atoms with van der Waals surface area (Å²) in [6.45, 7) is 7.95. The van der Waals surface area contributed by atoms with Crippen molar-refractivity contribution in [1.29, 1.82) is 0 Å². The van der Waals surface area contributed by atoms with E-state index in [-0.39, 0.29) is 0 Å². The topological polar surface area (TPSA) is 45.6 Å². The van der Waals surface area contributed by atoms with Gasteiger partial charge in [-0.3, -0.25) is 0 Å². The fourth-order valence-electron chi connectivity index (χ4n) is 1.39. The molecule has 1 heterocycles. The molecule has 16 heavy (non-hydrogen) atoms. The standard InChI is InChI=1S/C11H20N2O2S/c1-5-15-7-6-13(4)11-12-8(2)10(16-11)9(3)14/h9,14H,5-7H2,1-4H3. The molecule has 92 valence electrons. The van der Waals surface area contributed by atoms with Crippen LogP contribution in [0.4, 0.5) is 5.13 Å². The highest BCUT2D eigenvalue weighted by Gasteiger charge is 2.14. The quantitative estimate of drug-likeness (QED) is 0.777. The zero-order valence-corrected chi connectivity index (χ0v) is 11.2. The van der Waals surface area contributed by atoms with Crippen LogP contribution >= 0.6 is 11.3 Å². The average Bonchev–Trinajstić information content (AvgIpc) is 2.60. The van der Waals surface area contributed by atoms with Crippen LogP contribution in [0.2, 0.25) is 0 Å². The van der Waals surface area contributed by atoms with Crippen molar-refractivity contribution in [2.24, 2.45) is 0 Å². The Kier molecular flexibility index (Phi) is 5.18.